The first-order chi connectivity index (χ1) is 12.5. The molecule has 5 nitrogen and oxygen atoms in total. The minimum atomic E-state index is -0.595. The Morgan fingerprint density at radius 2 is 1.88 bits per heavy atom. The number of piperazine rings is 1. The van der Waals surface area contributed by atoms with Gasteiger partial charge in [0.1, 0.15) is 5.82 Å². The zero-order chi connectivity index (χ0) is 18.7. The molecule has 0 aromatic heterocycles. The minimum Gasteiger partial charge on any atom is -0.336 e. The summed E-state index contributed by atoms with van der Waals surface area (Å²) in [4.78, 5) is 27.3. The van der Waals surface area contributed by atoms with E-state index >= 15 is 0 Å². The number of amides is 2. The van der Waals surface area contributed by atoms with Crippen molar-refractivity contribution in [3.8, 4) is 0 Å². The summed E-state index contributed by atoms with van der Waals surface area (Å²) in [5.74, 6) is -1.30. The van der Waals surface area contributed by atoms with Crippen molar-refractivity contribution in [3.63, 3.8) is 0 Å². The number of hydrogen-bond acceptors (Lipinski definition) is 3. The average Bonchev–Trinajstić information content (AvgIpc) is 2.63. The van der Waals surface area contributed by atoms with Crippen molar-refractivity contribution in [1.29, 1.82) is 0 Å². The van der Waals surface area contributed by atoms with Gasteiger partial charge in [-0.1, -0.05) is 24.3 Å². The number of rotatable bonds is 3. The van der Waals surface area contributed by atoms with Gasteiger partial charge in [0.05, 0.1) is 16.8 Å². The molecular weight excluding hydrogens is 333 g/mol. The maximum Gasteiger partial charge on any atom is 0.258 e. The number of halogens is 1. The Hall–Kier alpha value is -2.73. The molecule has 1 fully saturated rings. The van der Waals surface area contributed by atoms with Gasteiger partial charge in [0.2, 0.25) is 0 Å². The summed E-state index contributed by atoms with van der Waals surface area (Å²) < 4.78 is 13.9. The zero-order valence-electron chi connectivity index (χ0n) is 14.9. The van der Waals surface area contributed by atoms with Gasteiger partial charge in [-0.15, -0.1) is 0 Å². The summed E-state index contributed by atoms with van der Waals surface area (Å²) >= 11 is 0. The van der Waals surface area contributed by atoms with Gasteiger partial charge in [0, 0.05) is 25.7 Å². The van der Waals surface area contributed by atoms with Gasteiger partial charge in [0.15, 0.2) is 0 Å². The number of aryl methyl sites for hydroxylation is 1. The van der Waals surface area contributed by atoms with E-state index < -0.39 is 11.7 Å². The number of para-hydroxylation sites is 1. The molecule has 0 radical (unpaired) electrons. The second-order valence-electron chi connectivity index (χ2n) is 6.54. The van der Waals surface area contributed by atoms with Gasteiger partial charge >= 0.3 is 0 Å². The topological polar surface area (TPSA) is 61.4 Å². The Morgan fingerprint density at radius 1 is 1.15 bits per heavy atom. The molecule has 1 saturated heterocycles. The lowest BCUT2D eigenvalue weighted by atomic mass is 10.0. The van der Waals surface area contributed by atoms with Gasteiger partial charge < -0.3 is 15.5 Å². The predicted octanol–water partition coefficient (Wildman–Crippen LogP) is 2.82. The largest absolute Gasteiger partial charge is 0.336 e. The SMILES string of the molecule is Cc1cccc(C(=O)N2CCNC(C)C2)c1NC(=O)c1ccccc1F. The molecule has 0 bridgehead atoms. The number of nitrogens with zero attached hydrogens (tertiary/aromatic N) is 1. The fourth-order valence-electron chi connectivity index (χ4n) is 3.13. The summed E-state index contributed by atoms with van der Waals surface area (Å²) in [6.07, 6.45) is 0. The second kappa shape index (κ2) is 7.66. The van der Waals surface area contributed by atoms with E-state index in [1.807, 2.05) is 19.9 Å². The van der Waals surface area contributed by atoms with E-state index in [-0.39, 0.29) is 17.5 Å². The third kappa shape index (κ3) is 3.75. The van der Waals surface area contributed by atoms with Crippen molar-refractivity contribution >= 4 is 17.5 Å². The van der Waals surface area contributed by atoms with Gasteiger partial charge in [-0.3, -0.25) is 9.59 Å². The van der Waals surface area contributed by atoms with Crippen LogP contribution in [-0.4, -0.2) is 42.4 Å². The Kier molecular flexibility index (Phi) is 5.32. The van der Waals surface area contributed by atoms with E-state index in [0.717, 1.165) is 12.1 Å². The molecule has 2 amide bonds. The number of carbonyl (C=O) groups is 2. The maximum absolute atomic E-state index is 13.9. The molecule has 0 saturated carbocycles. The Morgan fingerprint density at radius 3 is 2.62 bits per heavy atom. The highest BCUT2D eigenvalue weighted by atomic mass is 19.1. The first-order valence-corrected chi connectivity index (χ1v) is 8.65. The normalized spacial score (nSPS) is 17.0. The molecule has 1 atom stereocenters. The van der Waals surface area contributed by atoms with Crippen LogP contribution in [0.5, 0.6) is 0 Å². The predicted molar refractivity (Wildman–Crippen MR) is 98.9 cm³/mol. The monoisotopic (exact) mass is 355 g/mol. The van der Waals surface area contributed by atoms with Crippen LogP contribution in [0.25, 0.3) is 0 Å². The maximum atomic E-state index is 13.9. The van der Waals surface area contributed by atoms with Crippen molar-refractivity contribution in [2.75, 3.05) is 25.0 Å². The second-order valence-corrected chi connectivity index (χ2v) is 6.54. The summed E-state index contributed by atoms with van der Waals surface area (Å²) in [7, 11) is 0. The number of nitrogens with one attached hydrogen (secondary N) is 2. The smallest absolute Gasteiger partial charge is 0.258 e. The highest BCUT2D eigenvalue weighted by Crippen LogP contribution is 2.24. The van der Waals surface area contributed by atoms with Crippen molar-refractivity contribution < 1.29 is 14.0 Å². The number of benzene rings is 2. The lowest BCUT2D eigenvalue weighted by Crippen LogP contribution is -2.51. The van der Waals surface area contributed by atoms with Gasteiger partial charge in [-0.05, 0) is 37.6 Å². The highest BCUT2D eigenvalue weighted by molar-refractivity contribution is 6.09. The van der Waals surface area contributed by atoms with Crippen LogP contribution in [0.4, 0.5) is 10.1 Å². The molecule has 1 unspecified atom stereocenters. The summed E-state index contributed by atoms with van der Waals surface area (Å²) in [5, 5.41) is 6.02. The van der Waals surface area contributed by atoms with E-state index in [1.165, 1.54) is 18.2 Å². The fraction of sp³-hybridized carbons (Fsp3) is 0.300. The molecule has 0 aliphatic carbocycles. The van der Waals surface area contributed by atoms with Crippen LogP contribution in [0.15, 0.2) is 42.5 Å². The molecule has 1 aliphatic rings. The first-order valence-electron chi connectivity index (χ1n) is 8.65. The molecule has 6 heteroatoms. The average molecular weight is 355 g/mol. The van der Waals surface area contributed by atoms with E-state index in [1.54, 1.807) is 23.1 Å². The van der Waals surface area contributed by atoms with Crippen LogP contribution in [0, 0.1) is 12.7 Å². The molecule has 2 aromatic rings. The van der Waals surface area contributed by atoms with Crippen molar-refractivity contribution in [2.24, 2.45) is 0 Å². The van der Waals surface area contributed by atoms with Gasteiger partial charge in [0.25, 0.3) is 11.8 Å². The molecule has 3 rings (SSSR count). The Bertz CT molecular complexity index is 838. The van der Waals surface area contributed by atoms with E-state index in [2.05, 4.69) is 10.6 Å². The molecule has 1 heterocycles. The molecule has 1 aliphatic heterocycles. The summed E-state index contributed by atoms with van der Waals surface area (Å²) in [6, 6.07) is 11.3. The molecule has 2 N–H and O–H groups in total. The van der Waals surface area contributed by atoms with E-state index in [0.29, 0.717) is 24.3 Å². The van der Waals surface area contributed by atoms with E-state index in [9.17, 15) is 14.0 Å². The van der Waals surface area contributed by atoms with Crippen LogP contribution in [0.3, 0.4) is 0 Å². The van der Waals surface area contributed by atoms with Crippen LogP contribution >= 0.6 is 0 Å². The molecule has 0 spiro atoms. The van der Waals surface area contributed by atoms with Crippen LogP contribution in [0.2, 0.25) is 0 Å². The van der Waals surface area contributed by atoms with Crippen molar-refractivity contribution in [2.45, 2.75) is 19.9 Å². The van der Waals surface area contributed by atoms with Gasteiger partial charge in [-0.2, -0.15) is 0 Å². The molecule has 136 valence electrons. The Balaban J connectivity index is 1.89. The first kappa shape index (κ1) is 18.1. The molecular formula is C20H22FN3O2. The fourth-order valence-corrected chi connectivity index (χ4v) is 3.13. The van der Waals surface area contributed by atoms with Crippen LogP contribution < -0.4 is 10.6 Å². The lowest BCUT2D eigenvalue weighted by Gasteiger charge is -2.32. The van der Waals surface area contributed by atoms with Gasteiger partial charge in [-0.25, -0.2) is 4.39 Å². The van der Waals surface area contributed by atoms with E-state index in [4.69, 9.17) is 0 Å². The van der Waals surface area contributed by atoms with Crippen molar-refractivity contribution in [3.05, 3.63) is 65.0 Å². The van der Waals surface area contributed by atoms with Crippen LogP contribution in [0.1, 0.15) is 33.2 Å². The highest BCUT2D eigenvalue weighted by Gasteiger charge is 2.25. The number of hydrogen-bond donors (Lipinski definition) is 2. The Labute approximate surface area is 152 Å². The third-order valence-corrected chi connectivity index (χ3v) is 4.52. The summed E-state index contributed by atoms with van der Waals surface area (Å²) in [6.45, 7) is 5.78. The number of carbonyl (C=O) groups excluding carboxylic acids is 2. The lowest BCUT2D eigenvalue weighted by molar-refractivity contribution is 0.0710. The van der Waals surface area contributed by atoms with Crippen molar-refractivity contribution in [1.82, 2.24) is 10.2 Å². The summed E-state index contributed by atoms with van der Waals surface area (Å²) in [5.41, 5.74) is 1.55. The standard InChI is InChI=1S/C20H22FN3O2/c1-13-6-5-8-16(20(26)24-11-10-22-14(2)12-24)18(13)23-19(25)15-7-3-4-9-17(15)21/h3-9,14,22H,10-12H2,1-2H3,(H,23,25). The zero-order valence-corrected chi connectivity index (χ0v) is 14.9. The van der Waals surface area contributed by atoms with Crippen LogP contribution in [-0.2, 0) is 0 Å². The molecule has 26 heavy (non-hydrogen) atoms. The minimum absolute atomic E-state index is 0.0510. The third-order valence-electron chi connectivity index (χ3n) is 4.52. The molecule has 2 aromatic carbocycles. The number of anilines is 1. The quantitative estimate of drug-likeness (QED) is 0.890.